The van der Waals surface area contributed by atoms with Crippen LogP contribution < -0.4 is 10.2 Å². The number of hydrogen-bond donors (Lipinski definition) is 1. The Labute approximate surface area is 110 Å². The molecule has 1 aliphatic heterocycles. The van der Waals surface area contributed by atoms with E-state index < -0.39 is 0 Å². The molecule has 0 aliphatic carbocycles. The molecule has 0 bridgehead atoms. The van der Waals surface area contributed by atoms with E-state index in [0.29, 0.717) is 6.04 Å². The normalized spacial score (nSPS) is 20.7. The molecule has 1 N–H and O–H groups in total. The van der Waals surface area contributed by atoms with E-state index in [1.54, 1.807) is 0 Å². The van der Waals surface area contributed by atoms with Crippen molar-refractivity contribution in [3.63, 3.8) is 0 Å². The molecule has 1 unspecified atom stereocenters. The molecule has 1 saturated heterocycles. The summed E-state index contributed by atoms with van der Waals surface area (Å²) in [6.07, 6.45) is 5.20. The maximum Gasteiger partial charge on any atom is 0.137 e. The molecule has 1 fully saturated rings. The minimum Gasteiger partial charge on any atom is -0.373 e. The van der Waals surface area contributed by atoms with Gasteiger partial charge >= 0.3 is 0 Å². The second-order valence-electron chi connectivity index (χ2n) is 5.21. The lowest BCUT2D eigenvalue weighted by molar-refractivity contribution is 0.609. The zero-order valence-electron chi connectivity index (χ0n) is 12.0. The van der Waals surface area contributed by atoms with Crippen LogP contribution in [0.1, 0.15) is 44.0 Å². The Morgan fingerprint density at radius 1 is 1.17 bits per heavy atom. The standard InChI is InChI=1S/C14H24N4/c1-10-8-6-5-7-9-18(10)14-11(2)13(15-4)16-12(3)17-14/h10H,5-9H2,1-4H3,(H,15,16,17). The van der Waals surface area contributed by atoms with Crippen molar-refractivity contribution in [2.75, 3.05) is 23.8 Å². The van der Waals surface area contributed by atoms with Gasteiger partial charge in [-0.3, -0.25) is 0 Å². The van der Waals surface area contributed by atoms with Gasteiger partial charge in [-0.05, 0) is 33.6 Å². The van der Waals surface area contributed by atoms with E-state index in [1.165, 1.54) is 25.7 Å². The molecule has 0 amide bonds. The van der Waals surface area contributed by atoms with Crippen molar-refractivity contribution in [1.29, 1.82) is 0 Å². The smallest absolute Gasteiger partial charge is 0.137 e. The highest BCUT2D eigenvalue weighted by Crippen LogP contribution is 2.28. The van der Waals surface area contributed by atoms with Crippen LogP contribution in [0.2, 0.25) is 0 Å². The third-order valence-electron chi connectivity index (χ3n) is 3.79. The van der Waals surface area contributed by atoms with Gasteiger partial charge in [0.2, 0.25) is 0 Å². The van der Waals surface area contributed by atoms with Crippen LogP contribution in [-0.4, -0.2) is 29.6 Å². The van der Waals surface area contributed by atoms with Gasteiger partial charge in [-0.2, -0.15) is 0 Å². The minimum absolute atomic E-state index is 0.574. The van der Waals surface area contributed by atoms with Crippen LogP contribution >= 0.6 is 0 Å². The summed E-state index contributed by atoms with van der Waals surface area (Å²) in [5.74, 6) is 2.91. The molecule has 1 aromatic heterocycles. The highest BCUT2D eigenvalue weighted by Gasteiger charge is 2.21. The average Bonchev–Trinajstić information content (AvgIpc) is 2.56. The first-order valence-electron chi connectivity index (χ1n) is 6.93. The molecular formula is C14H24N4. The quantitative estimate of drug-likeness (QED) is 0.873. The van der Waals surface area contributed by atoms with Crippen LogP contribution in [0.4, 0.5) is 11.6 Å². The van der Waals surface area contributed by atoms with Crippen LogP contribution in [0.25, 0.3) is 0 Å². The molecule has 1 atom stereocenters. The third-order valence-corrected chi connectivity index (χ3v) is 3.79. The molecule has 0 radical (unpaired) electrons. The number of anilines is 2. The van der Waals surface area contributed by atoms with Crippen LogP contribution in [0.15, 0.2) is 0 Å². The Morgan fingerprint density at radius 3 is 2.67 bits per heavy atom. The van der Waals surface area contributed by atoms with Crippen LogP contribution in [0.3, 0.4) is 0 Å². The number of aryl methyl sites for hydroxylation is 1. The van der Waals surface area contributed by atoms with E-state index in [-0.39, 0.29) is 0 Å². The van der Waals surface area contributed by atoms with Crippen molar-refractivity contribution < 1.29 is 0 Å². The lowest BCUT2D eigenvalue weighted by Crippen LogP contribution is -2.34. The maximum atomic E-state index is 4.67. The summed E-state index contributed by atoms with van der Waals surface area (Å²) in [7, 11) is 1.92. The van der Waals surface area contributed by atoms with Gasteiger partial charge in [0.25, 0.3) is 0 Å². The summed E-state index contributed by atoms with van der Waals surface area (Å²) in [5.41, 5.74) is 1.16. The Bertz CT molecular complexity index is 417. The number of aromatic nitrogens is 2. The first-order valence-corrected chi connectivity index (χ1v) is 6.93. The molecule has 1 aromatic rings. The van der Waals surface area contributed by atoms with E-state index in [4.69, 9.17) is 0 Å². The monoisotopic (exact) mass is 248 g/mol. The molecule has 0 saturated carbocycles. The Kier molecular flexibility index (Phi) is 4.04. The topological polar surface area (TPSA) is 41.1 Å². The highest BCUT2D eigenvalue weighted by molar-refractivity contribution is 5.58. The second kappa shape index (κ2) is 5.55. The van der Waals surface area contributed by atoms with Crippen molar-refractivity contribution in [1.82, 2.24) is 9.97 Å². The summed E-state index contributed by atoms with van der Waals surface area (Å²) in [5, 5.41) is 3.17. The molecule has 18 heavy (non-hydrogen) atoms. The zero-order chi connectivity index (χ0) is 13.1. The van der Waals surface area contributed by atoms with Gasteiger partial charge in [0.1, 0.15) is 17.5 Å². The predicted molar refractivity (Wildman–Crippen MR) is 76.3 cm³/mol. The molecule has 2 rings (SSSR count). The number of nitrogens with one attached hydrogen (secondary N) is 1. The SMILES string of the molecule is CNc1nc(C)nc(N2CCCCCC2C)c1C. The van der Waals surface area contributed by atoms with Crippen LogP contribution in [0.5, 0.6) is 0 Å². The van der Waals surface area contributed by atoms with Crippen molar-refractivity contribution in [2.45, 2.75) is 52.5 Å². The fourth-order valence-electron chi connectivity index (χ4n) is 2.73. The van der Waals surface area contributed by atoms with Gasteiger partial charge < -0.3 is 10.2 Å². The molecular weight excluding hydrogens is 224 g/mol. The summed E-state index contributed by atoms with van der Waals surface area (Å²) in [4.78, 5) is 11.6. The number of nitrogens with zero attached hydrogens (tertiary/aromatic N) is 3. The largest absolute Gasteiger partial charge is 0.373 e. The summed E-state index contributed by atoms with van der Waals surface area (Å²) < 4.78 is 0. The summed E-state index contributed by atoms with van der Waals surface area (Å²) in [6.45, 7) is 7.49. The van der Waals surface area contributed by atoms with Gasteiger partial charge in [-0.15, -0.1) is 0 Å². The molecule has 4 nitrogen and oxygen atoms in total. The van der Waals surface area contributed by atoms with E-state index in [2.05, 4.69) is 34.0 Å². The minimum atomic E-state index is 0.574. The molecule has 0 aromatic carbocycles. The summed E-state index contributed by atoms with van der Waals surface area (Å²) >= 11 is 0. The zero-order valence-corrected chi connectivity index (χ0v) is 12.0. The lowest BCUT2D eigenvalue weighted by Gasteiger charge is -2.30. The molecule has 2 heterocycles. The molecule has 1 aliphatic rings. The predicted octanol–water partition coefficient (Wildman–Crippen LogP) is 2.90. The van der Waals surface area contributed by atoms with E-state index in [1.807, 2.05) is 14.0 Å². The highest BCUT2D eigenvalue weighted by atomic mass is 15.2. The van der Waals surface area contributed by atoms with Crippen molar-refractivity contribution in [3.8, 4) is 0 Å². The fourth-order valence-corrected chi connectivity index (χ4v) is 2.73. The number of rotatable bonds is 2. The molecule has 0 spiro atoms. The van der Waals surface area contributed by atoms with E-state index >= 15 is 0 Å². The average molecular weight is 248 g/mol. The van der Waals surface area contributed by atoms with E-state index in [0.717, 1.165) is 29.6 Å². The van der Waals surface area contributed by atoms with Crippen LogP contribution in [0, 0.1) is 13.8 Å². The van der Waals surface area contributed by atoms with Crippen LogP contribution in [-0.2, 0) is 0 Å². The molecule has 100 valence electrons. The summed E-state index contributed by atoms with van der Waals surface area (Å²) in [6, 6.07) is 0.574. The molecule has 4 heteroatoms. The van der Waals surface area contributed by atoms with Crippen molar-refractivity contribution >= 4 is 11.6 Å². The van der Waals surface area contributed by atoms with Crippen molar-refractivity contribution in [3.05, 3.63) is 11.4 Å². The van der Waals surface area contributed by atoms with Gasteiger partial charge in [0.15, 0.2) is 0 Å². The second-order valence-corrected chi connectivity index (χ2v) is 5.21. The Hall–Kier alpha value is -1.32. The first-order chi connectivity index (χ1) is 8.63. The fraction of sp³-hybridized carbons (Fsp3) is 0.714. The Balaban J connectivity index is 2.39. The Morgan fingerprint density at radius 2 is 1.94 bits per heavy atom. The maximum absolute atomic E-state index is 4.67. The van der Waals surface area contributed by atoms with Gasteiger partial charge in [0, 0.05) is 25.2 Å². The van der Waals surface area contributed by atoms with Gasteiger partial charge in [-0.25, -0.2) is 9.97 Å². The number of hydrogen-bond acceptors (Lipinski definition) is 4. The van der Waals surface area contributed by atoms with Crippen molar-refractivity contribution in [2.24, 2.45) is 0 Å². The van der Waals surface area contributed by atoms with Gasteiger partial charge in [-0.1, -0.05) is 12.8 Å². The van der Waals surface area contributed by atoms with Gasteiger partial charge in [0.05, 0.1) is 0 Å². The lowest BCUT2D eigenvalue weighted by atomic mass is 10.1. The first kappa shape index (κ1) is 13.1. The third kappa shape index (κ3) is 2.57. The van der Waals surface area contributed by atoms with E-state index in [9.17, 15) is 0 Å².